The van der Waals surface area contributed by atoms with Crippen LogP contribution in [0.15, 0.2) is 0 Å². The molecule has 4 nitrogen and oxygen atoms in total. The van der Waals surface area contributed by atoms with Crippen LogP contribution in [-0.4, -0.2) is 47.2 Å². The molecule has 0 spiro atoms. The molecule has 6 heteroatoms. The quantitative estimate of drug-likeness (QED) is 0.524. The van der Waals surface area contributed by atoms with Gasteiger partial charge < -0.3 is 4.74 Å². The van der Waals surface area contributed by atoms with Gasteiger partial charge in [-0.15, -0.1) is 0 Å². The van der Waals surface area contributed by atoms with E-state index in [1.54, 1.807) is 11.8 Å². The summed E-state index contributed by atoms with van der Waals surface area (Å²) in [6.07, 6.45) is 3.82. The van der Waals surface area contributed by atoms with Gasteiger partial charge in [-0.2, -0.15) is 23.5 Å². The van der Waals surface area contributed by atoms with Crippen LogP contribution in [-0.2, 0) is 19.1 Å². The van der Waals surface area contributed by atoms with Crippen molar-refractivity contribution in [2.75, 3.05) is 18.3 Å². The van der Waals surface area contributed by atoms with Gasteiger partial charge >= 0.3 is 5.97 Å². The van der Waals surface area contributed by atoms with Gasteiger partial charge in [-0.3, -0.25) is 14.4 Å². The van der Waals surface area contributed by atoms with Gasteiger partial charge in [0, 0.05) is 18.1 Å². The molecule has 0 bridgehead atoms. The summed E-state index contributed by atoms with van der Waals surface area (Å²) in [4.78, 5) is 35.4. The number of cyclic esters (lactones) is 1. The molecule has 1 saturated heterocycles. The summed E-state index contributed by atoms with van der Waals surface area (Å²) in [5, 5.41) is 0.229. The fourth-order valence-corrected chi connectivity index (χ4v) is 2.54. The minimum atomic E-state index is -1.17. The number of thioether (sulfide) groups is 2. The van der Waals surface area contributed by atoms with E-state index < -0.39 is 18.0 Å². The molecule has 1 fully saturated rings. The third kappa shape index (κ3) is 3.75. The SMILES string of the molecule is CSCCC(=O)C1C(=O)OC(CC(C)SC)C1=O. The Bertz CT molecular complexity index is 343. The van der Waals surface area contributed by atoms with Crippen LogP contribution in [0.5, 0.6) is 0 Å². The maximum absolute atomic E-state index is 12.0. The Balaban J connectivity index is 2.63. The zero-order chi connectivity index (χ0) is 13.7. The highest BCUT2D eigenvalue weighted by molar-refractivity contribution is 7.99. The maximum atomic E-state index is 12.0. The third-order valence-corrected chi connectivity index (χ3v) is 4.53. The van der Waals surface area contributed by atoms with E-state index in [-0.39, 0.29) is 23.2 Å². The van der Waals surface area contributed by atoms with Crippen LogP contribution in [0.3, 0.4) is 0 Å². The smallest absolute Gasteiger partial charge is 0.325 e. The second kappa shape index (κ2) is 7.19. The second-order valence-corrected chi connectivity index (χ2v) is 6.51. The zero-order valence-electron chi connectivity index (χ0n) is 10.8. The number of ketones is 2. The summed E-state index contributed by atoms with van der Waals surface area (Å²) in [5.74, 6) is -1.87. The molecule has 0 aromatic rings. The molecular weight excluding hydrogens is 272 g/mol. The van der Waals surface area contributed by atoms with Gasteiger partial charge in [-0.05, 0) is 18.3 Å². The summed E-state index contributed by atoms with van der Waals surface area (Å²) in [6, 6.07) is 0. The summed E-state index contributed by atoms with van der Waals surface area (Å²) < 4.78 is 5.03. The first-order valence-corrected chi connectivity index (χ1v) is 8.48. The summed E-state index contributed by atoms with van der Waals surface area (Å²) in [7, 11) is 0. The first-order chi connectivity index (χ1) is 8.51. The van der Waals surface area contributed by atoms with Crippen molar-refractivity contribution in [3.05, 3.63) is 0 Å². The standard InChI is InChI=1S/C12H18O4S2/c1-7(18-3)6-9-11(14)10(12(15)16-9)8(13)4-5-17-2/h7,9-10H,4-6H2,1-3H3. The Labute approximate surface area is 116 Å². The van der Waals surface area contributed by atoms with E-state index in [0.29, 0.717) is 12.2 Å². The van der Waals surface area contributed by atoms with Crippen LogP contribution in [0, 0.1) is 5.92 Å². The molecule has 1 aliphatic rings. The van der Waals surface area contributed by atoms with Crippen LogP contribution in [0.25, 0.3) is 0 Å². The number of hydrogen-bond acceptors (Lipinski definition) is 6. The number of rotatable bonds is 7. The van der Waals surface area contributed by atoms with Crippen LogP contribution >= 0.6 is 23.5 Å². The molecule has 0 aromatic heterocycles. The minimum absolute atomic E-state index is 0.229. The second-order valence-electron chi connectivity index (χ2n) is 4.25. The molecule has 0 aliphatic carbocycles. The Hall–Kier alpha value is -0.490. The van der Waals surface area contributed by atoms with E-state index in [1.807, 2.05) is 19.4 Å². The lowest BCUT2D eigenvalue weighted by molar-refractivity contribution is -0.146. The van der Waals surface area contributed by atoms with Crippen LogP contribution in [0.4, 0.5) is 0 Å². The lowest BCUT2D eigenvalue weighted by Gasteiger charge is -2.12. The van der Waals surface area contributed by atoms with Crippen molar-refractivity contribution in [1.82, 2.24) is 0 Å². The molecule has 0 saturated carbocycles. The Morgan fingerprint density at radius 1 is 1.39 bits per heavy atom. The van der Waals surface area contributed by atoms with E-state index in [9.17, 15) is 14.4 Å². The highest BCUT2D eigenvalue weighted by atomic mass is 32.2. The van der Waals surface area contributed by atoms with E-state index in [4.69, 9.17) is 4.74 Å². The number of Topliss-reactive ketones (excluding diaryl/α,β-unsaturated/α-hetero) is 2. The lowest BCUT2D eigenvalue weighted by atomic mass is 9.95. The van der Waals surface area contributed by atoms with Gasteiger partial charge in [0.2, 0.25) is 0 Å². The Morgan fingerprint density at radius 3 is 2.61 bits per heavy atom. The fraction of sp³-hybridized carbons (Fsp3) is 0.750. The van der Waals surface area contributed by atoms with Gasteiger partial charge in [0.05, 0.1) is 0 Å². The normalized spacial score (nSPS) is 25.1. The molecule has 1 heterocycles. The average molecular weight is 290 g/mol. The van der Waals surface area contributed by atoms with E-state index >= 15 is 0 Å². The van der Waals surface area contributed by atoms with E-state index in [1.165, 1.54) is 11.8 Å². The number of hydrogen-bond donors (Lipinski definition) is 0. The predicted octanol–water partition coefficient (Wildman–Crippen LogP) is 1.56. The molecule has 1 aliphatic heterocycles. The molecule has 3 atom stereocenters. The molecule has 0 amide bonds. The molecule has 1 rings (SSSR count). The summed E-state index contributed by atoms with van der Waals surface area (Å²) in [5.41, 5.74) is 0. The van der Waals surface area contributed by atoms with Crippen molar-refractivity contribution >= 4 is 41.1 Å². The summed E-state index contributed by atoms with van der Waals surface area (Å²) >= 11 is 3.13. The number of carbonyl (C=O) groups excluding carboxylic acids is 3. The van der Waals surface area contributed by atoms with Crippen LogP contribution < -0.4 is 0 Å². The third-order valence-electron chi connectivity index (χ3n) is 2.92. The van der Waals surface area contributed by atoms with Gasteiger partial charge in [0.15, 0.2) is 23.6 Å². The van der Waals surface area contributed by atoms with Crippen LogP contribution in [0.2, 0.25) is 0 Å². The van der Waals surface area contributed by atoms with Crippen molar-refractivity contribution in [2.45, 2.75) is 31.1 Å². The summed E-state index contributed by atoms with van der Waals surface area (Å²) in [6.45, 7) is 1.97. The molecule has 0 aromatic carbocycles. The molecule has 18 heavy (non-hydrogen) atoms. The molecule has 102 valence electrons. The average Bonchev–Trinajstić information content (AvgIpc) is 2.61. The van der Waals surface area contributed by atoms with Crippen molar-refractivity contribution in [2.24, 2.45) is 5.92 Å². The van der Waals surface area contributed by atoms with Gasteiger partial charge in [-0.25, -0.2) is 0 Å². The Morgan fingerprint density at radius 2 is 2.06 bits per heavy atom. The van der Waals surface area contributed by atoms with Crippen LogP contribution in [0.1, 0.15) is 19.8 Å². The van der Waals surface area contributed by atoms with Gasteiger partial charge in [0.1, 0.15) is 0 Å². The molecular formula is C12H18O4S2. The number of esters is 1. The maximum Gasteiger partial charge on any atom is 0.325 e. The number of ether oxygens (including phenoxy) is 1. The fourth-order valence-electron chi connectivity index (χ4n) is 1.77. The lowest BCUT2D eigenvalue weighted by Crippen LogP contribution is -2.29. The minimum Gasteiger partial charge on any atom is -0.453 e. The topological polar surface area (TPSA) is 60.4 Å². The van der Waals surface area contributed by atoms with Gasteiger partial charge in [0.25, 0.3) is 0 Å². The molecule has 0 radical (unpaired) electrons. The van der Waals surface area contributed by atoms with Crippen molar-refractivity contribution in [3.63, 3.8) is 0 Å². The Kier molecular flexibility index (Phi) is 6.21. The van der Waals surface area contributed by atoms with E-state index in [2.05, 4.69) is 0 Å². The van der Waals surface area contributed by atoms with Crippen molar-refractivity contribution in [1.29, 1.82) is 0 Å². The monoisotopic (exact) mass is 290 g/mol. The highest BCUT2D eigenvalue weighted by Crippen LogP contribution is 2.25. The first kappa shape index (κ1) is 15.6. The van der Waals surface area contributed by atoms with Crippen molar-refractivity contribution < 1.29 is 19.1 Å². The first-order valence-electron chi connectivity index (χ1n) is 5.80. The van der Waals surface area contributed by atoms with E-state index in [0.717, 1.165) is 0 Å². The molecule has 3 unspecified atom stereocenters. The van der Waals surface area contributed by atoms with Gasteiger partial charge in [-0.1, -0.05) is 6.92 Å². The largest absolute Gasteiger partial charge is 0.453 e. The van der Waals surface area contributed by atoms with Crippen molar-refractivity contribution in [3.8, 4) is 0 Å². The predicted molar refractivity (Wildman–Crippen MR) is 74.0 cm³/mol. The number of carbonyl (C=O) groups is 3. The highest BCUT2D eigenvalue weighted by Gasteiger charge is 2.47. The molecule has 0 N–H and O–H groups in total. The zero-order valence-corrected chi connectivity index (χ0v) is 12.4.